The molecule has 8 nitrogen and oxygen atoms in total. The van der Waals surface area contributed by atoms with Crippen molar-refractivity contribution in [3.05, 3.63) is 75.7 Å². The molecule has 0 saturated carbocycles. The number of rotatable bonds is 7. The summed E-state index contributed by atoms with van der Waals surface area (Å²) in [4.78, 5) is 34.8. The number of aromatic nitrogens is 1. The number of anilines is 1. The summed E-state index contributed by atoms with van der Waals surface area (Å²) in [5, 5.41) is 15.2. The summed E-state index contributed by atoms with van der Waals surface area (Å²) >= 11 is 1.46. The number of fused-ring (bicyclic) bond motifs is 1. The van der Waals surface area contributed by atoms with E-state index in [1.807, 2.05) is 16.8 Å². The van der Waals surface area contributed by atoms with E-state index < -0.39 is 11.8 Å². The first kappa shape index (κ1) is 25.1. The van der Waals surface area contributed by atoms with Gasteiger partial charge in [-0.1, -0.05) is 6.07 Å². The molecule has 4 rings (SSSR count). The number of nitrogens with zero attached hydrogens (tertiary/aromatic N) is 3. The molecule has 0 aliphatic heterocycles. The summed E-state index contributed by atoms with van der Waals surface area (Å²) in [7, 11) is 6.35. The number of hydrogen-bond acceptors (Lipinski definition) is 7. The molecule has 0 radical (unpaired) electrons. The molecule has 186 valence electrons. The number of esters is 1. The van der Waals surface area contributed by atoms with Crippen molar-refractivity contribution in [2.24, 2.45) is 4.99 Å². The highest BCUT2D eigenvalue weighted by atomic mass is 32.1. The molecular weight excluding hydrogens is 483 g/mol. The molecule has 0 fully saturated rings. The molecule has 0 atom stereocenters. The summed E-state index contributed by atoms with van der Waals surface area (Å²) in [5.74, 6) is -1.47. The van der Waals surface area contributed by atoms with Gasteiger partial charge in [-0.25, -0.2) is 14.2 Å². The van der Waals surface area contributed by atoms with Gasteiger partial charge in [0.25, 0.3) is 0 Å². The highest BCUT2D eigenvalue weighted by Gasteiger charge is 2.21. The predicted molar refractivity (Wildman–Crippen MR) is 139 cm³/mol. The Balaban J connectivity index is 1.79. The van der Waals surface area contributed by atoms with Crippen molar-refractivity contribution in [2.45, 2.75) is 0 Å². The Morgan fingerprint density at radius 3 is 2.53 bits per heavy atom. The highest BCUT2D eigenvalue weighted by molar-refractivity contribution is 7.08. The Hall–Kier alpha value is -4.02. The predicted octanol–water partition coefficient (Wildman–Crippen LogP) is 4.55. The van der Waals surface area contributed by atoms with Gasteiger partial charge >= 0.3 is 5.97 Å². The Kier molecular flexibility index (Phi) is 7.18. The zero-order valence-corrected chi connectivity index (χ0v) is 21.0. The zero-order valence-electron chi connectivity index (χ0n) is 20.2. The third-order valence-electron chi connectivity index (χ3n) is 5.59. The van der Waals surface area contributed by atoms with Crippen LogP contribution in [0, 0.1) is 5.82 Å². The summed E-state index contributed by atoms with van der Waals surface area (Å²) in [6.45, 7) is 0.148. The smallest absolute Gasteiger partial charge is 0.337 e. The van der Waals surface area contributed by atoms with Crippen LogP contribution in [0.25, 0.3) is 10.9 Å². The first-order valence-corrected chi connectivity index (χ1v) is 11.9. The fourth-order valence-electron chi connectivity index (χ4n) is 3.81. The minimum atomic E-state index is -0.596. The first-order chi connectivity index (χ1) is 17.2. The zero-order chi connectivity index (χ0) is 26.0. The largest absolute Gasteiger partial charge is 0.494 e. The second-order valence-electron chi connectivity index (χ2n) is 8.40. The molecule has 0 unspecified atom stereocenters. The molecule has 2 heterocycles. The molecule has 4 aromatic rings. The van der Waals surface area contributed by atoms with Gasteiger partial charge in [0.05, 0.1) is 41.9 Å². The van der Waals surface area contributed by atoms with Crippen molar-refractivity contribution in [3.63, 3.8) is 0 Å². The van der Waals surface area contributed by atoms with Crippen LogP contribution in [0.4, 0.5) is 15.8 Å². The molecule has 0 aliphatic carbocycles. The van der Waals surface area contributed by atoms with Crippen LogP contribution in [0.5, 0.6) is 5.88 Å². The van der Waals surface area contributed by atoms with Crippen LogP contribution in [0.1, 0.15) is 21.5 Å². The number of amides is 1. The molecule has 2 N–H and O–H groups in total. The lowest BCUT2D eigenvalue weighted by molar-refractivity contribution is -0.118. The molecule has 0 saturated heterocycles. The number of benzene rings is 2. The average molecular weight is 509 g/mol. The Bertz CT molecular complexity index is 1460. The molecule has 36 heavy (non-hydrogen) atoms. The number of halogens is 1. The lowest BCUT2D eigenvalue weighted by Crippen LogP contribution is -2.35. The first-order valence-electron chi connectivity index (χ1n) is 10.9. The highest BCUT2D eigenvalue weighted by Crippen LogP contribution is 2.33. The van der Waals surface area contributed by atoms with Gasteiger partial charge in [-0.15, -0.1) is 0 Å². The van der Waals surface area contributed by atoms with E-state index >= 15 is 4.39 Å². The van der Waals surface area contributed by atoms with Crippen molar-refractivity contribution < 1.29 is 23.8 Å². The third kappa shape index (κ3) is 5.00. The van der Waals surface area contributed by atoms with Crippen molar-refractivity contribution >= 4 is 51.2 Å². The number of aromatic hydroxyl groups is 1. The second kappa shape index (κ2) is 10.3. The molecule has 1 amide bonds. The molecule has 0 spiro atoms. The van der Waals surface area contributed by atoms with E-state index in [1.54, 1.807) is 43.3 Å². The number of aliphatic imine (C=N–C) groups is 1. The van der Waals surface area contributed by atoms with Crippen LogP contribution in [0.2, 0.25) is 0 Å². The van der Waals surface area contributed by atoms with Gasteiger partial charge in [0.2, 0.25) is 5.91 Å². The average Bonchev–Trinajstić information content (AvgIpc) is 3.48. The Morgan fingerprint density at radius 2 is 1.89 bits per heavy atom. The van der Waals surface area contributed by atoms with Crippen LogP contribution >= 0.6 is 11.3 Å². The van der Waals surface area contributed by atoms with Gasteiger partial charge in [-0.3, -0.25) is 4.79 Å². The summed E-state index contributed by atoms with van der Waals surface area (Å²) < 4.78 is 19.8. The van der Waals surface area contributed by atoms with E-state index in [0.717, 1.165) is 5.56 Å². The fourth-order valence-corrected chi connectivity index (χ4v) is 4.45. The van der Waals surface area contributed by atoms with Crippen LogP contribution in [0.3, 0.4) is 0 Å². The number of likely N-dealkylation sites (N-methyl/N-ethyl adjacent to an activating group) is 2. The number of nitrogens with one attached hydrogen (secondary N) is 1. The minimum absolute atomic E-state index is 0.136. The maximum Gasteiger partial charge on any atom is 0.337 e. The van der Waals surface area contributed by atoms with Gasteiger partial charge in [-0.05, 0) is 49.8 Å². The third-order valence-corrected chi connectivity index (χ3v) is 6.27. The molecule has 2 aromatic heterocycles. The van der Waals surface area contributed by atoms with Crippen molar-refractivity contribution in [1.82, 2.24) is 9.88 Å². The SMILES string of the molecule is COC(=O)c1ccc2c(C(=Nc3ccc(N(C)C(=O)CN(C)C)c(F)c3)c3ccsc3)c(O)[nH]c2c1. The number of H-pyrrole nitrogens is 1. The summed E-state index contributed by atoms with van der Waals surface area (Å²) in [6, 6.07) is 11.1. The van der Waals surface area contributed by atoms with E-state index in [-0.39, 0.29) is 24.0 Å². The maximum atomic E-state index is 15.0. The van der Waals surface area contributed by atoms with Crippen LogP contribution in [-0.2, 0) is 9.53 Å². The number of carbonyl (C=O) groups excluding carboxylic acids is 2. The Morgan fingerprint density at radius 1 is 1.11 bits per heavy atom. The monoisotopic (exact) mass is 508 g/mol. The Labute approximate surface area is 211 Å². The summed E-state index contributed by atoms with van der Waals surface area (Å²) in [6.07, 6.45) is 0. The molecule has 2 aromatic carbocycles. The summed E-state index contributed by atoms with van der Waals surface area (Å²) in [5.41, 5.74) is 2.89. The number of hydrogen-bond donors (Lipinski definition) is 2. The number of carbonyl (C=O) groups is 2. The van der Waals surface area contributed by atoms with Gasteiger partial charge in [-0.2, -0.15) is 11.3 Å². The topological polar surface area (TPSA) is 98.2 Å². The van der Waals surface area contributed by atoms with Gasteiger partial charge in [0.15, 0.2) is 5.88 Å². The van der Waals surface area contributed by atoms with Gasteiger partial charge < -0.3 is 24.6 Å². The van der Waals surface area contributed by atoms with E-state index in [0.29, 0.717) is 33.4 Å². The quantitative estimate of drug-likeness (QED) is 0.282. The van der Waals surface area contributed by atoms with Gasteiger partial charge in [0.1, 0.15) is 5.82 Å². The van der Waals surface area contributed by atoms with E-state index in [9.17, 15) is 14.7 Å². The van der Waals surface area contributed by atoms with Crippen molar-refractivity contribution in [2.75, 3.05) is 39.7 Å². The molecule has 0 aliphatic rings. The second-order valence-corrected chi connectivity index (χ2v) is 9.18. The van der Waals surface area contributed by atoms with E-state index in [1.165, 1.54) is 42.5 Å². The van der Waals surface area contributed by atoms with E-state index in [2.05, 4.69) is 9.98 Å². The fraction of sp³-hybridized carbons (Fsp3) is 0.192. The van der Waals surface area contributed by atoms with E-state index in [4.69, 9.17) is 4.74 Å². The lowest BCUT2D eigenvalue weighted by atomic mass is 10.0. The maximum absolute atomic E-state index is 15.0. The number of thiophene rings is 1. The van der Waals surface area contributed by atoms with Crippen LogP contribution in [0.15, 0.2) is 58.2 Å². The molecule has 0 bridgehead atoms. The number of methoxy groups -OCH3 is 1. The number of ether oxygens (including phenoxy) is 1. The lowest BCUT2D eigenvalue weighted by Gasteiger charge is -2.20. The van der Waals surface area contributed by atoms with Gasteiger partial charge in [0, 0.05) is 35.0 Å². The van der Waals surface area contributed by atoms with Crippen LogP contribution < -0.4 is 4.90 Å². The molecule has 10 heteroatoms. The normalized spacial score (nSPS) is 11.8. The number of aromatic amines is 1. The standard InChI is InChI=1S/C26H25FN4O4S/c1-30(2)13-22(32)31(3)21-8-6-17(12-19(21)27)28-24(16-9-10-36-14-16)23-18-7-5-15(26(34)35-4)11-20(18)29-25(23)33/h5-12,14,29,33H,13H2,1-4H3. The van der Waals surface area contributed by atoms with Crippen LogP contribution in [-0.4, -0.2) is 67.4 Å². The minimum Gasteiger partial charge on any atom is -0.494 e. The van der Waals surface area contributed by atoms with Crippen molar-refractivity contribution in [3.8, 4) is 5.88 Å². The molecular formula is C26H25FN4O4S. The van der Waals surface area contributed by atoms with Crippen molar-refractivity contribution in [1.29, 1.82) is 0 Å².